The number of nitrogens with one attached hydrogen (secondary N) is 1. The molecule has 0 aromatic carbocycles. The van der Waals surface area contributed by atoms with Gasteiger partial charge in [0, 0.05) is 51.1 Å². The summed E-state index contributed by atoms with van der Waals surface area (Å²) < 4.78 is 0. The zero-order chi connectivity index (χ0) is 16.6. The van der Waals surface area contributed by atoms with E-state index in [1.807, 2.05) is 49.8 Å². The maximum absolute atomic E-state index is 4.58. The molecule has 1 N–H and O–H groups in total. The van der Waals surface area contributed by atoms with Crippen LogP contribution in [0.25, 0.3) is 0 Å². The molecule has 0 atom stereocenters. The van der Waals surface area contributed by atoms with E-state index in [2.05, 4.69) is 30.2 Å². The average molecular weight is 320 g/mol. The lowest BCUT2D eigenvalue weighted by Crippen LogP contribution is -2.22. The first kappa shape index (κ1) is 15.9. The molecule has 0 unspecified atom stereocenters. The Morgan fingerprint density at radius 1 is 0.875 bits per heavy atom. The van der Waals surface area contributed by atoms with Crippen LogP contribution in [-0.4, -0.2) is 33.5 Å². The van der Waals surface area contributed by atoms with Crippen molar-refractivity contribution >= 4 is 11.8 Å². The molecule has 0 aliphatic carbocycles. The molecule has 24 heavy (non-hydrogen) atoms. The highest BCUT2D eigenvalue weighted by molar-refractivity contribution is 5.42. The van der Waals surface area contributed by atoms with Gasteiger partial charge in [0.2, 0.25) is 5.95 Å². The summed E-state index contributed by atoms with van der Waals surface area (Å²) in [7, 11) is 2.04. The highest BCUT2D eigenvalue weighted by Crippen LogP contribution is 2.12. The molecule has 0 saturated heterocycles. The van der Waals surface area contributed by atoms with Crippen LogP contribution in [0.3, 0.4) is 0 Å². The normalized spacial score (nSPS) is 10.4. The van der Waals surface area contributed by atoms with Gasteiger partial charge in [0.25, 0.3) is 0 Å². The summed E-state index contributed by atoms with van der Waals surface area (Å²) in [5.41, 5.74) is 2.41. The number of aromatic nitrogens is 4. The van der Waals surface area contributed by atoms with E-state index in [-0.39, 0.29) is 0 Å². The largest absolute Gasteiger partial charge is 0.359 e. The lowest BCUT2D eigenvalue weighted by atomic mass is 10.2. The molecule has 0 fully saturated rings. The summed E-state index contributed by atoms with van der Waals surface area (Å²) in [6.07, 6.45) is 9.92. The summed E-state index contributed by atoms with van der Waals surface area (Å²) in [5.74, 6) is 1.52. The third-order valence-electron chi connectivity index (χ3n) is 3.72. The molecule has 0 aliphatic rings. The van der Waals surface area contributed by atoms with Crippen molar-refractivity contribution in [1.29, 1.82) is 0 Å². The molecule has 122 valence electrons. The number of rotatable bonds is 7. The Morgan fingerprint density at radius 2 is 1.54 bits per heavy atom. The Labute approximate surface area is 141 Å². The van der Waals surface area contributed by atoms with E-state index in [0.29, 0.717) is 12.5 Å². The second-order valence-corrected chi connectivity index (χ2v) is 5.47. The van der Waals surface area contributed by atoms with Crippen molar-refractivity contribution in [1.82, 2.24) is 19.9 Å². The Kier molecular flexibility index (Phi) is 5.29. The van der Waals surface area contributed by atoms with Gasteiger partial charge in [-0.3, -0.25) is 9.97 Å². The molecule has 0 aliphatic heterocycles. The summed E-state index contributed by atoms with van der Waals surface area (Å²) >= 11 is 0. The highest BCUT2D eigenvalue weighted by Gasteiger charge is 2.05. The van der Waals surface area contributed by atoms with Crippen LogP contribution in [0.2, 0.25) is 0 Å². The first-order valence-corrected chi connectivity index (χ1v) is 7.87. The molecular formula is C18H20N6. The number of pyridine rings is 2. The van der Waals surface area contributed by atoms with Gasteiger partial charge < -0.3 is 10.2 Å². The van der Waals surface area contributed by atoms with E-state index in [1.165, 1.54) is 5.56 Å². The van der Waals surface area contributed by atoms with Crippen molar-refractivity contribution in [3.05, 3.63) is 72.4 Å². The molecule has 6 heteroatoms. The molecule has 3 heterocycles. The maximum Gasteiger partial charge on any atom is 0.224 e. The van der Waals surface area contributed by atoms with Gasteiger partial charge in [-0.05, 0) is 47.9 Å². The minimum Gasteiger partial charge on any atom is -0.359 e. The summed E-state index contributed by atoms with van der Waals surface area (Å²) in [5, 5.41) is 3.25. The van der Waals surface area contributed by atoms with Crippen LogP contribution < -0.4 is 10.2 Å². The van der Waals surface area contributed by atoms with Crippen LogP contribution in [-0.2, 0) is 13.0 Å². The maximum atomic E-state index is 4.58. The summed E-state index contributed by atoms with van der Waals surface area (Å²) in [6.45, 7) is 1.55. The second kappa shape index (κ2) is 8.01. The SMILES string of the molecule is CN(CCc1ccncc1)c1ccnc(NCc2ccncc2)n1. The second-order valence-electron chi connectivity index (χ2n) is 5.47. The van der Waals surface area contributed by atoms with Gasteiger partial charge >= 0.3 is 0 Å². The predicted octanol–water partition coefficient (Wildman–Crippen LogP) is 2.56. The Balaban J connectivity index is 1.57. The lowest BCUT2D eigenvalue weighted by Gasteiger charge is -2.18. The fourth-order valence-electron chi connectivity index (χ4n) is 2.29. The lowest BCUT2D eigenvalue weighted by molar-refractivity contribution is 0.853. The average Bonchev–Trinajstić information content (AvgIpc) is 2.66. The number of hydrogen-bond acceptors (Lipinski definition) is 6. The fourth-order valence-corrected chi connectivity index (χ4v) is 2.29. The van der Waals surface area contributed by atoms with E-state index in [9.17, 15) is 0 Å². The monoisotopic (exact) mass is 320 g/mol. The molecule has 6 nitrogen and oxygen atoms in total. The van der Waals surface area contributed by atoms with Gasteiger partial charge in [0.1, 0.15) is 5.82 Å². The molecule has 3 aromatic heterocycles. The third kappa shape index (κ3) is 4.49. The highest BCUT2D eigenvalue weighted by atomic mass is 15.2. The fraction of sp³-hybridized carbons (Fsp3) is 0.222. The Hall–Kier alpha value is -3.02. The molecule has 0 spiro atoms. The topological polar surface area (TPSA) is 66.8 Å². The number of anilines is 2. The van der Waals surface area contributed by atoms with E-state index < -0.39 is 0 Å². The Bertz CT molecular complexity index is 748. The molecule has 0 radical (unpaired) electrons. The van der Waals surface area contributed by atoms with Crippen LogP contribution >= 0.6 is 0 Å². The predicted molar refractivity (Wildman–Crippen MR) is 94.8 cm³/mol. The number of likely N-dealkylation sites (N-methyl/N-ethyl adjacent to an activating group) is 1. The van der Waals surface area contributed by atoms with Crippen molar-refractivity contribution < 1.29 is 0 Å². The van der Waals surface area contributed by atoms with Gasteiger partial charge in [0.05, 0.1) is 0 Å². The zero-order valence-electron chi connectivity index (χ0n) is 13.6. The standard InChI is InChI=1S/C18H20N6/c1-24(13-7-15-2-8-19-9-3-15)17-6-12-21-18(23-17)22-14-16-4-10-20-11-5-16/h2-6,8-12H,7,13-14H2,1H3,(H,21,22,23). The minimum absolute atomic E-state index is 0.625. The van der Waals surface area contributed by atoms with Gasteiger partial charge in [-0.1, -0.05) is 0 Å². The van der Waals surface area contributed by atoms with Crippen LogP contribution in [0, 0.1) is 0 Å². The summed E-state index contributed by atoms with van der Waals surface area (Å²) in [6, 6.07) is 9.94. The van der Waals surface area contributed by atoms with Crippen LogP contribution in [0.15, 0.2) is 61.3 Å². The van der Waals surface area contributed by atoms with E-state index in [4.69, 9.17) is 0 Å². The van der Waals surface area contributed by atoms with Crippen molar-refractivity contribution in [2.45, 2.75) is 13.0 Å². The van der Waals surface area contributed by atoms with Gasteiger partial charge in [-0.2, -0.15) is 4.98 Å². The van der Waals surface area contributed by atoms with Crippen molar-refractivity contribution in [2.75, 3.05) is 23.8 Å². The van der Waals surface area contributed by atoms with Crippen LogP contribution in [0.5, 0.6) is 0 Å². The van der Waals surface area contributed by atoms with Crippen LogP contribution in [0.1, 0.15) is 11.1 Å². The van der Waals surface area contributed by atoms with Crippen molar-refractivity contribution in [2.24, 2.45) is 0 Å². The van der Waals surface area contributed by atoms with E-state index >= 15 is 0 Å². The van der Waals surface area contributed by atoms with Crippen molar-refractivity contribution in [3.63, 3.8) is 0 Å². The molecule has 0 bridgehead atoms. The summed E-state index contributed by atoms with van der Waals surface area (Å²) in [4.78, 5) is 19.0. The minimum atomic E-state index is 0.625. The molecule has 3 rings (SSSR count). The number of nitrogens with zero attached hydrogens (tertiary/aromatic N) is 5. The smallest absolute Gasteiger partial charge is 0.224 e. The first-order valence-electron chi connectivity index (χ1n) is 7.87. The van der Waals surface area contributed by atoms with Gasteiger partial charge in [-0.15, -0.1) is 0 Å². The Morgan fingerprint density at radius 3 is 2.25 bits per heavy atom. The third-order valence-corrected chi connectivity index (χ3v) is 3.72. The zero-order valence-corrected chi connectivity index (χ0v) is 13.6. The van der Waals surface area contributed by atoms with Crippen molar-refractivity contribution in [3.8, 4) is 0 Å². The van der Waals surface area contributed by atoms with Gasteiger partial charge in [-0.25, -0.2) is 4.98 Å². The molecule has 3 aromatic rings. The van der Waals surface area contributed by atoms with Crippen LogP contribution in [0.4, 0.5) is 11.8 Å². The quantitative estimate of drug-likeness (QED) is 0.722. The van der Waals surface area contributed by atoms with E-state index in [0.717, 1.165) is 24.3 Å². The first-order chi connectivity index (χ1) is 11.8. The molecule has 0 saturated carbocycles. The number of hydrogen-bond donors (Lipinski definition) is 1. The molecule has 0 amide bonds. The molecular weight excluding hydrogens is 300 g/mol. The van der Waals surface area contributed by atoms with E-state index in [1.54, 1.807) is 18.6 Å². The van der Waals surface area contributed by atoms with Gasteiger partial charge in [0.15, 0.2) is 0 Å².